The monoisotopic (exact) mass is 301 g/mol. The van der Waals surface area contributed by atoms with Crippen molar-refractivity contribution in [1.82, 2.24) is 15.2 Å². The Balaban J connectivity index is 2.18. The molecule has 1 aliphatic rings. The lowest BCUT2D eigenvalue weighted by atomic mass is 10.1. The summed E-state index contributed by atoms with van der Waals surface area (Å²) in [5.74, 6) is 0.566. The summed E-state index contributed by atoms with van der Waals surface area (Å²) in [5.41, 5.74) is 0.927. The number of likely N-dealkylation sites (N-methyl/N-ethyl adjacent to an activating group) is 1. The molecule has 1 aliphatic heterocycles. The first kappa shape index (κ1) is 14.8. The topological polar surface area (TPSA) is 45.2 Å². The second-order valence-electron chi connectivity index (χ2n) is 4.74. The van der Waals surface area contributed by atoms with Crippen LogP contribution in [0.4, 0.5) is 0 Å². The molecule has 0 bridgehead atoms. The Hall–Kier alpha value is -0.650. The molecule has 1 aromatic heterocycles. The van der Waals surface area contributed by atoms with Crippen molar-refractivity contribution in [3.05, 3.63) is 16.1 Å². The van der Waals surface area contributed by atoms with Crippen LogP contribution in [0, 0.1) is 0 Å². The van der Waals surface area contributed by atoms with E-state index in [0.29, 0.717) is 5.88 Å². The second-order valence-corrected chi connectivity index (χ2v) is 5.90. The van der Waals surface area contributed by atoms with Gasteiger partial charge in [0, 0.05) is 12.4 Å². The van der Waals surface area contributed by atoms with Crippen LogP contribution >= 0.6 is 22.9 Å². The highest BCUT2D eigenvalue weighted by molar-refractivity contribution is 7.09. The fraction of sp³-hybridized carbons (Fsp3) is 0.692. The molecule has 0 aromatic carbocycles. The average Bonchev–Trinajstić information content (AvgIpc) is 3.08. The van der Waals surface area contributed by atoms with Crippen LogP contribution in [0.15, 0.2) is 5.38 Å². The Morgan fingerprint density at radius 3 is 3.11 bits per heavy atom. The van der Waals surface area contributed by atoms with Crippen LogP contribution in [0.1, 0.15) is 42.9 Å². The van der Waals surface area contributed by atoms with Gasteiger partial charge in [0.2, 0.25) is 5.91 Å². The number of amides is 1. The molecule has 1 saturated heterocycles. The molecule has 1 amide bonds. The Kier molecular flexibility index (Phi) is 5.19. The Labute approximate surface area is 123 Å². The molecule has 106 valence electrons. The van der Waals surface area contributed by atoms with Crippen molar-refractivity contribution in [2.45, 2.75) is 44.1 Å². The molecular formula is C13H20ClN3OS. The third-order valence-electron chi connectivity index (χ3n) is 3.62. The maximum atomic E-state index is 11.9. The summed E-state index contributed by atoms with van der Waals surface area (Å²) in [6.45, 7) is 3.11. The largest absolute Gasteiger partial charge is 0.358 e. The molecule has 2 unspecified atom stereocenters. The van der Waals surface area contributed by atoms with Crippen molar-refractivity contribution < 1.29 is 4.79 Å². The zero-order valence-corrected chi connectivity index (χ0v) is 12.9. The summed E-state index contributed by atoms with van der Waals surface area (Å²) in [5, 5.41) is 5.85. The van der Waals surface area contributed by atoms with E-state index in [1.807, 2.05) is 5.38 Å². The van der Waals surface area contributed by atoms with Crippen LogP contribution in [0.3, 0.4) is 0 Å². The molecule has 2 heterocycles. The number of aromatic nitrogens is 1. The molecule has 0 aliphatic carbocycles. The van der Waals surface area contributed by atoms with Crippen LogP contribution in [-0.2, 0) is 10.7 Å². The van der Waals surface area contributed by atoms with E-state index in [4.69, 9.17) is 11.6 Å². The maximum absolute atomic E-state index is 11.9. The summed E-state index contributed by atoms with van der Waals surface area (Å²) in [4.78, 5) is 18.8. The third-order valence-corrected chi connectivity index (χ3v) is 4.89. The molecule has 2 rings (SSSR count). The van der Waals surface area contributed by atoms with Gasteiger partial charge in [0.05, 0.1) is 23.7 Å². The maximum Gasteiger partial charge on any atom is 0.237 e. The SMILES string of the molecule is CCC(c1nc(CCl)cs1)N1CCCC1C(=O)NC. The van der Waals surface area contributed by atoms with E-state index in [9.17, 15) is 4.79 Å². The molecule has 1 aromatic rings. The van der Waals surface area contributed by atoms with Gasteiger partial charge in [0.1, 0.15) is 5.01 Å². The lowest BCUT2D eigenvalue weighted by Crippen LogP contribution is -2.43. The van der Waals surface area contributed by atoms with Crippen molar-refractivity contribution in [3.63, 3.8) is 0 Å². The molecule has 0 spiro atoms. The van der Waals surface area contributed by atoms with Gasteiger partial charge in [-0.15, -0.1) is 22.9 Å². The number of nitrogens with zero attached hydrogens (tertiary/aromatic N) is 2. The van der Waals surface area contributed by atoms with Crippen molar-refractivity contribution in [2.75, 3.05) is 13.6 Å². The molecule has 0 radical (unpaired) electrons. The number of rotatable bonds is 5. The van der Waals surface area contributed by atoms with Crippen molar-refractivity contribution in [1.29, 1.82) is 0 Å². The normalized spacial score (nSPS) is 21.5. The predicted octanol–water partition coefficient (Wildman–Crippen LogP) is 2.54. The van der Waals surface area contributed by atoms with Gasteiger partial charge in [-0.05, 0) is 25.8 Å². The van der Waals surface area contributed by atoms with E-state index < -0.39 is 0 Å². The fourth-order valence-corrected chi connectivity index (χ4v) is 3.95. The first-order valence-corrected chi connectivity index (χ1v) is 8.10. The highest BCUT2D eigenvalue weighted by atomic mass is 35.5. The Morgan fingerprint density at radius 2 is 2.53 bits per heavy atom. The lowest BCUT2D eigenvalue weighted by molar-refractivity contribution is -0.125. The van der Waals surface area contributed by atoms with Gasteiger partial charge in [-0.25, -0.2) is 4.98 Å². The van der Waals surface area contributed by atoms with Crippen molar-refractivity contribution in [3.8, 4) is 0 Å². The second kappa shape index (κ2) is 6.68. The smallest absolute Gasteiger partial charge is 0.237 e. The molecule has 1 fully saturated rings. The standard InChI is InChI=1S/C13H20ClN3OS/c1-3-10(13-16-9(7-14)8-19-13)17-6-4-5-11(17)12(18)15-2/h8,10-11H,3-7H2,1-2H3,(H,15,18). The summed E-state index contributed by atoms with van der Waals surface area (Å²) < 4.78 is 0. The molecule has 4 nitrogen and oxygen atoms in total. The Morgan fingerprint density at radius 1 is 1.74 bits per heavy atom. The van der Waals surface area contributed by atoms with Crippen LogP contribution in [0.2, 0.25) is 0 Å². The quantitative estimate of drug-likeness (QED) is 0.850. The van der Waals surface area contributed by atoms with Gasteiger partial charge in [-0.1, -0.05) is 6.92 Å². The first-order valence-electron chi connectivity index (χ1n) is 6.68. The highest BCUT2D eigenvalue weighted by Gasteiger charge is 2.35. The molecule has 2 atom stereocenters. The summed E-state index contributed by atoms with van der Waals surface area (Å²) in [6, 6.07) is 0.213. The number of hydrogen-bond donors (Lipinski definition) is 1. The zero-order valence-electron chi connectivity index (χ0n) is 11.4. The van der Waals surface area contributed by atoms with Crippen molar-refractivity contribution in [2.24, 2.45) is 0 Å². The molecule has 0 saturated carbocycles. The predicted molar refractivity (Wildman–Crippen MR) is 78.5 cm³/mol. The van der Waals surface area contributed by atoms with Gasteiger partial charge in [-0.3, -0.25) is 9.69 Å². The number of likely N-dealkylation sites (tertiary alicyclic amines) is 1. The number of carbonyl (C=O) groups excluding carboxylic acids is 1. The lowest BCUT2D eigenvalue weighted by Gasteiger charge is -2.30. The van der Waals surface area contributed by atoms with Gasteiger partial charge >= 0.3 is 0 Å². The van der Waals surface area contributed by atoms with Crippen LogP contribution in [0.25, 0.3) is 0 Å². The summed E-state index contributed by atoms with van der Waals surface area (Å²) in [6.07, 6.45) is 2.97. The van der Waals surface area contributed by atoms with E-state index >= 15 is 0 Å². The number of carbonyl (C=O) groups is 1. The van der Waals surface area contributed by atoms with Crippen LogP contribution in [0.5, 0.6) is 0 Å². The number of hydrogen-bond acceptors (Lipinski definition) is 4. The average molecular weight is 302 g/mol. The minimum atomic E-state index is -0.0155. The van der Waals surface area contributed by atoms with E-state index in [0.717, 1.165) is 36.5 Å². The first-order chi connectivity index (χ1) is 9.21. The summed E-state index contributed by atoms with van der Waals surface area (Å²) >= 11 is 7.46. The molecule has 6 heteroatoms. The number of nitrogens with one attached hydrogen (secondary N) is 1. The van der Waals surface area contributed by atoms with E-state index in [-0.39, 0.29) is 18.0 Å². The number of thiazole rings is 1. The van der Waals surface area contributed by atoms with Gasteiger partial charge in [-0.2, -0.15) is 0 Å². The molecule has 19 heavy (non-hydrogen) atoms. The molecular weight excluding hydrogens is 282 g/mol. The summed E-state index contributed by atoms with van der Waals surface area (Å²) in [7, 11) is 1.70. The van der Waals surface area contributed by atoms with E-state index in [2.05, 4.69) is 22.1 Å². The zero-order chi connectivity index (χ0) is 13.8. The van der Waals surface area contributed by atoms with Crippen molar-refractivity contribution >= 4 is 28.8 Å². The highest BCUT2D eigenvalue weighted by Crippen LogP contribution is 2.33. The third kappa shape index (κ3) is 3.09. The van der Waals surface area contributed by atoms with Gasteiger partial charge in [0.25, 0.3) is 0 Å². The Bertz CT molecular complexity index is 437. The van der Waals surface area contributed by atoms with E-state index in [1.54, 1.807) is 18.4 Å². The van der Waals surface area contributed by atoms with Gasteiger partial charge < -0.3 is 5.32 Å². The van der Waals surface area contributed by atoms with E-state index in [1.165, 1.54) is 0 Å². The number of alkyl halides is 1. The van der Waals surface area contributed by atoms with Crippen LogP contribution < -0.4 is 5.32 Å². The minimum absolute atomic E-state index is 0.0155. The molecule has 1 N–H and O–H groups in total. The number of halogens is 1. The minimum Gasteiger partial charge on any atom is -0.358 e. The van der Waals surface area contributed by atoms with Crippen LogP contribution in [-0.4, -0.2) is 35.4 Å². The fourth-order valence-electron chi connectivity index (χ4n) is 2.70. The van der Waals surface area contributed by atoms with Gasteiger partial charge in [0.15, 0.2) is 0 Å².